The van der Waals surface area contributed by atoms with Crippen LogP contribution in [-0.4, -0.2) is 29.8 Å². The number of para-hydroxylation sites is 1. The van der Waals surface area contributed by atoms with Crippen LogP contribution in [-0.2, 0) is 4.79 Å². The van der Waals surface area contributed by atoms with Gasteiger partial charge in [0.05, 0.1) is 11.3 Å². The number of benzene rings is 1. The number of likely N-dealkylation sites (tertiary alicyclic amines) is 1. The van der Waals surface area contributed by atoms with Crippen LogP contribution in [0.2, 0.25) is 0 Å². The molecule has 1 aromatic rings. The van der Waals surface area contributed by atoms with E-state index in [1.165, 1.54) is 0 Å². The van der Waals surface area contributed by atoms with Crippen LogP contribution in [0.15, 0.2) is 24.3 Å². The van der Waals surface area contributed by atoms with Crippen molar-refractivity contribution in [1.29, 1.82) is 0 Å². The standard InChI is InChI=1S/C16H22N2O2/c1-3-12(2)15(19)17-14-9-5-4-8-13(14)16(20)18-10-6-7-11-18/h4-5,8-9,12H,3,6-7,10-11H2,1-2H3,(H,17,19). The molecule has 4 heteroatoms. The molecule has 2 amide bonds. The molecule has 0 bridgehead atoms. The molecule has 0 aliphatic carbocycles. The van der Waals surface area contributed by atoms with E-state index in [0.29, 0.717) is 11.3 Å². The summed E-state index contributed by atoms with van der Waals surface area (Å²) in [6, 6.07) is 7.26. The molecular weight excluding hydrogens is 252 g/mol. The minimum Gasteiger partial charge on any atom is -0.339 e. The highest BCUT2D eigenvalue weighted by molar-refractivity contribution is 6.04. The van der Waals surface area contributed by atoms with Crippen LogP contribution in [0.4, 0.5) is 5.69 Å². The normalized spacial score (nSPS) is 16.0. The molecule has 108 valence electrons. The average molecular weight is 274 g/mol. The summed E-state index contributed by atoms with van der Waals surface area (Å²) in [5.74, 6) is -0.0679. The van der Waals surface area contributed by atoms with Gasteiger partial charge in [-0.3, -0.25) is 9.59 Å². The summed E-state index contributed by atoms with van der Waals surface area (Å²) < 4.78 is 0. The van der Waals surface area contributed by atoms with Crippen molar-refractivity contribution in [3.63, 3.8) is 0 Å². The molecule has 0 radical (unpaired) electrons. The Labute approximate surface area is 120 Å². The molecule has 0 saturated carbocycles. The van der Waals surface area contributed by atoms with Gasteiger partial charge in [0.2, 0.25) is 5.91 Å². The van der Waals surface area contributed by atoms with Gasteiger partial charge in [0, 0.05) is 19.0 Å². The van der Waals surface area contributed by atoms with Gasteiger partial charge in [-0.25, -0.2) is 0 Å². The minimum atomic E-state index is -0.0510. The maximum atomic E-state index is 12.5. The Hall–Kier alpha value is -1.84. The largest absolute Gasteiger partial charge is 0.339 e. The third-order valence-electron chi connectivity index (χ3n) is 3.87. The predicted molar refractivity (Wildman–Crippen MR) is 79.7 cm³/mol. The molecule has 1 N–H and O–H groups in total. The van der Waals surface area contributed by atoms with E-state index in [0.717, 1.165) is 32.4 Å². The van der Waals surface area contributed by atoms with Crippen LogP contribution in [0.3, 0.4) is 0 Å². The lowest BCUT2D eigenvalue weighted by atomic mass is 10.1. The Morgan fingerprint density at radius 1 is 1.25 bits per heavy atom. The van der Waals surface area contributed by atoms with E-state index >= 15 is 0 Å². The minimum absolute atomic E-state index is 0.0163. The van der Waals surface area contributed by atoms with Crippen molar-refractivity contribution >= 4 is 17.5 Å². The second-order valence-corrected chi connectivity index (χ2v) is 5.34. The number of hydrogen-bond acceptors (Lipinski definition) is 2. The van der Waals surface area contributed by atoms with Crippen molar-refractivity contribution < 1.29 is 9.59 Å². The molecule has 1 atom stereocenters. The average Bonchev–Trinajstić information content (AvgIpc) is 3.00. The van der Waals surface area contributed by atoms with Crippen LogP contribution in [0.5, 0.6) is 0 Å². The fourth-order valence-corrected chi connectivity index (χ4v) is 2.31. The molecule has 1 aliphatic heterocycles. The Morgan fingerprint density at radius 2 is 1.90 bits per heavy atom. The van der Waals surface area contributed by atoms with Crippen molar-refractivity contribution in [2.75, 3.05) is 18.4 Å². The summed E-state index contributed by atoms with van der Waals surface area (Å²) >= 11 is 0. The Balaban J connectivity index is 2.17. The lowest BCUT2D eigenvalue weighted by Gasteiger charge is -2.18. The summed E-state index contributed by atoms with van der Waals surface area (Å²) in [5.41, 5.74) is 1.21. The highest BCUT2D eigenvalue weighted by atomic mass is 16.2. The summed E-state index contributed by atoms with van der Waals surface area (Å²) in [4.78, 5) is 26.3. The molecule has 0 spiro atoms. The van der Waals surface area contributed by atoms with Gasteiger partial charge in [-0.1, -0.05) is 26.0 Å². The first-order valence-electron chi connectivity index (χ1n) is 7.32. The molecule has 1 heterocycles. The van der Waals surface area contributed by atoms with E-state index in [1.54, 1.807) is 12.1 Å². The number of rotatable bonds is 4. The Kier molecular flexibility index (Phi) is 4.77. The number of anilines is 1. The molecule has 1 fully saturated rings. The fraction of sp³-hybridized carbons (Fsp3) is 0.500. The topological polar surface area (TPSA) is 49.4 Å². The number of amides is 2. The summed E-state index contributed by atoms with van der Waals surface area (Å²) in [6.45, 7) is 5.49. The van der Waals surface area contributed by atoms with E-state index < -0.39 is 0 Å². The fourth-order valence-electron chi connectivity index (χ4n) is 2.31. The molecular formula is C16H22N2O2. The maximum absolute atomic E-state index is 12.5. The number of nitrogens with zero attached hydrogens (tertiary/aromatic N) is 1. The second kappa shape index (κ2) is 6.55. The van der Waals surface area contributed by atoms with Crippen molar-refractivity contribution in [1.82, 2.24) is 4.90 Å². The molecule has 1 unspecified atom stereocenters. The summed E-state index contributed by atoms with van der Waals surface area (Å²) in [7, 11) is 0. The van der Waals surface area contributed by atoms with Gasteiger partial charge < -0.3 is 10.2 Å². The zero-order valence-electron chi connectivity index (χ0n) is 12.2. The highest BCUT2D eigenvalue weighted by Gasteiger charge is 2.22. The first-order chi connectivity index (χ1) is 9.63. The second-order valence-electron chi connectivity index (χ2n) is 5.34. The first kappa shape index (κ1) is 14.6. The Bertz CT molecular complexity index is 493. The lowest BCUT2D eigenvalue weighted by molar-refractivity contribution is -0.119. The van der Waals surface area contributed by atoms with Gasteiger partial charge in [-0.15, -0.1) is 0 Å². The number of carbonyl (C=O) groups excluding carboxylic acids is 2. The third-order valence-corrected chi connectivity index (χ3v) is 3.87. The van der Waals surface area contributed by atoms with Crippen LogP contribution < -0.4 is 5.32 Å². The molecule has 1 saturated heterocycles. The number of carbonyl (C=O) groups is 2. The van der Waals surface area contributed by atoms with Crippen molar-refractivity contribution in [2.45, 2.75) is 33.1 Å². The van der Waals surface area contributed by atoms with E-state index in [-0.39, 0.29) is 17.7 Å². The number of hydrogen-bond donors (Lipinski definition) is 1. The van der Waals surface area contributed by atoms with Gasteiger partial charge in [0.15, 0.2) is 0 Å². The van der Waals surface area contributed by atoms with Gasteiger partial charge in [-0.05, 0) is 31.4 Å². The van der Waals surface area contributed by atoms with Crippen molar-refractivity contribution in [3.8, 4) is 0 Å². The molecule has 0 aromatic heterocycles. The molecule has 2 rings (SSSR count). The van der Waals surface area contributed by atoms with Gasteiger partial charge >= 0.3 is 0 Å². The van der Waals surface area contributed by atoms with Gasteiger partial charge in [-0.2, -0.15) is 0 Å². The van der Waals surface area contributed by atoms with E-state index in [2.05, 4.69) is 5.32 Å². The van der Waals surface area contributed by atoms with E-state index in [1.807, 2.05) is 30.9 Å². The molecule has 4 nitrogen and oxygen atoms in total. The summed E-state index contributed by atoms with van der Waals surface area (Å²) in [5, 5.41) is 2.88. The van der Waals surface area contributed by atoms with E-state index in [4.69, 9.17) is 0 Å². The monoisotopic (exact) mass is 274 g/mol. The smallest absolute Gasteiger partial charge is 0.255 e. The van der Waals surface area contributed by atoms with Gasteiger partial charge in [0.25, 0.3) is 5.91 Å². The van der Waals surface area contributed by atoms with Crippen molar-refractivity contribution in [3.05, 3.63) is 29.8 Å². The van der Waals surface area contributed by atoms with Crippen LogP contribution in [0, 0.1) is 5.92 Å². The van der Waals surface area contributed by atoms with Crippen LogP contribution in [0.25, 0.3) is 0 Å². The third kappa shape index (κ3) is 3.18. The van der Waals surface area contributed by atoms with Crippen LogP contribution >= 0.6 is 0 Å². The quantitative estimate of drug-likeness (QED) is 0.917. The first-order valence-corrected chi connectivity index (χ1v) is 7.32. The van der Waals surface area contributed by atoms with Crippen molar-refractivity contribution in [2.24, 2.45) is 5.92 Å². The SMILES string of the molecule is CCC(C)C(=O)Nc1ccccc1C(=O)N1CCCC1. The highest BCUT2D eigenvalue weighted by Crippen LogP contribution is 2.21. The zero-order chi connectivity index (χ0) is 14.5. The lowest BCUT2D eigenvalue weighted by Crippen LogP contribution is -2.29. The Morgan fingerprint density at radius 3 is 2.55 bits per heavy atom. The van der Waals surface area contributed by atoms with Gasteiger partial charge in [0.1, 0.15) is 0 Å². The zero-order valence-corrected chi connectivity index (χ0v) is 12.2. The molecule has 20 heavy (non-hydrogen) atoms. The van der Waals surface area contributed by atoms with Crippen LogP contribution in [0.1, 0.15) is 43.5 Å². The molecule has 1 aliphatic rings. The summed E-state index contributed by atoms with van der Waals surface area (Å²) in [6.07, 6.45) is 2.91. The van der Waals surface area contributed by atoms with E-state index in [9.17, 15) is 9.59 Å². The predicted octanol–water partition coefficient (Wildman–Crippen LogP) is 2.91. The number of nitrogens with one attached hydrogen (secondary N) is 1. The molecule has 1 aromatic carbocycles. The maximum Gasteiger partial charge on any atom is 0.255 e.